The van der Waals surface area contributed by atoms with Crippen molar-refractivity contribution < 1.29 is 5.11 Å². The van der Waals surface area contributed by atoms with Crippen LogP contribution in [-0.2, 0) is 0 Å². The summed E-state index contributed by atoms with van der Waals surface area (Å²) in [5.74, 6) is 2.57. The normalized spacial score (nSPS) is 12.5. The highest BCUT2D eigenvalue weighted by atomic mass is 16.3. The van der Waals surface area contributed by atoms with Crippen molar-refractivity contribution in [1.29, 1.82) is 0 Å². The summed E-state index contributed by atoms with van der Waals surface area (Å²) in [6.45, 7) is 10.4. The van der Waals surface area contributed by atoms with Gasteiger partial charge in [-0.25, -0.2) is 9.97 Å². The fourth-order valence-electron chi connectivity index (χ4n) is 2.14. The number of aromatic nitrogens is 2. The molecule has 0 saturated carbocycles. The number of nitrogens with zero attached hydrogens (tertiary/aromatic N) is 2. The molecule has 0 aromatic carbocycles. The Morgan fingerprint density at radius 1 is 1.15 bits per heavy atom. The van der Waals surface area contributed by atoms with Gasteiger partial charge in [0.15, 0.2) is 0 Å². The standard InChI is InChI=1S/C15H28N4O/c1-5-16-14-13(11(2)3)15(19-10-18-14)17-8-6-7-12(4)9-20/h10-12,20H,5-9H2,1-4H3,(H2,16,17,18,19). The Hall–Kier alpha value is -1.36. The van der Waals surface area contributed by atoms with Gasteiger partial charge >= 0.3 is 0 Å². The molecule has 1 heterocycles. The summed E-state index contributed by atoms with van der Waals surface area (Å²) in [5, 5.41) is 15.7. The lowest BCUT2D eigenvalue weighted by atomic mass is 10.0. The third-order valence-corrected chi connectivity index (χ3v) is 3.28. The number of nitrogens with one attached hydrogen (secondary N) is 2. The van der Waals surface area contributed by atoms with Crippen LogP contribution in [-0.4, -0.2) is 34.8 Å². The second-order valence-electron chi connectivity index (χ2n) is 5.53. The molecule has 3 N–H and O–H groups in total. The number of rotatable bonds is 9. The monoisotopic (exact) mass is 280 g/mol. The van der Waals surface area contributed by atoms with Gasteiger partial charge in [-0.2, -0.15) is 0 Å². The van der Waals surface area contributed by atoms with Crippen LogP contribution < -0.4 is 10.6 Å². The summed E-state index contributed by atoms with van der Waals surface area (Å²) in [6, 6.07) is 0. The third kappa shape index (κ3) is 4.96. The molecular weight excluding hydrogens is 252 g/mol. The van der Waals surface area contributed by atoms with E-state index >= 15 is 0 Å². The topological polar surface area (TPSA) is 70.1 Å². The van der Waals surface area contributed by atoms with E-state index in [0.717, 1.165) is 43.1 Å². The molecule has 0 amide bonds. The number of hydrogen-bond donors (Lipinski definition) is 3. The maximum Gasteiger partial charge on any atom is 0.134 e. The highest BCUT2D eigenvalue weighted by molar-refractivity contribution is 5.58. The van der Waals surface area contributed by atoms with E-state index in [9.17, 15) is 0 Å². The van der Waals surface area contributed by atoms with Gasteiger partial charge in [0.2, 0.25) is 0 Å². The molecule has 1 aromatic heterocycles. The first-order chi connectivity index (χ1) is 9.60. The highest BCUT2D eigenvalue weighted by Gasteiger charge is 2.14. The zero-order valence-electron chi connectivity index (χ0n) is 13.1. The molecule has 1 unspecified atom stereocenters. The molecule has 0 aliphatic rings. The molecule has 114 valence electrons. The minimum absolute atomic E-state index is 0.259. The van der Waals surface area contributed by atoms with Crippen LogP contribution in [0.5, 0.6) is 0 Å². The fraction of sp³-hybridized carbons (Fsp3) is 0.733. The van der Waals surface area contributed by atoms with Gasteiger partial charge in [-0.05, 0) is 31.6 Å². The maximum atomic E-state index is 9.01. The van der Waals surface area contributed by atoms with Crippen molar-refractivity contribution in [3.63, 3.8) is 0 Å². The zero-order chi connectivity index (χ0) is 15.0. The summed E-state index contributed by atoms with van der Waals surface area (Å²) in [4.78, 5) is 8.69. The molecule has 0 spiro atoms. The molecule has 0 radical (unpaired) electrons. The number of aliphatic hydroxyl groups excluding tert-OH is 1. The van der Waals surface area contributed by atoms with Crippen LogP contribution in [0.25, 0.3) is 0 Å². The van der Waals surface area contributed by atoms with Crippen LogP contribution in [0.3, 0.4) is 0 Å². The smallest absolute Gasteiger partial charge is 0.134 e. The van der Waals surface area contributed by atoms with E-state index in [1.54, 1.807) is 6.33 Å². The van der Waals surface area contributed by atoms with Crippen molar-refractivity contribution in [1.82, 2.24) is 9.97 Å². The van der Waals surface area contributed by atoms with Crippen LogP contribution in [0.4, 0.5) is 11.6 Å². The van der Waals surface area contributed by atoms with Crippen molar-refractivity contribution >= 4 is 11.6 Å². The molecular formula is C15H28N4O. The summed E-state index contributed by atoms with van der Waals surface area (Å²) < 4.78 is 0. The molecule has 1 atom stereocenters. The van der Waals surface area contributed by atoms with E-state index in [1.807, 2.05) is 0 Å². The van der Waals surface area contributed by atoms with E-state index < -0.39 is 0 Å². The summed E-state index contributed by atoms with van der Waals surface area (Å²) in [5.41, 5.74) is 1.14. The van der Waals surface area contributed by atoms with Crippen molar-refractivity contribution in [3.8, 4) is 0 Å². The van der Waals surface area contributed by atoms with Gasteiger partial charge in [0.1, 0.15) is 18.0 Å². The van der Waals surface area contributed by atoms with Gasteiger partial charge in [-0.15, -0.1) is 0 Å². The second-order valence-corrected chi connectivity index (χ2v) is 5.53. The molecule has 1 rings (SSSR count). The summed E-state index contributed by atoms with van der Waals surface area (Å²) >= 11 is 0. The fourth-order valence-corrected chi connectivity index (χ4v) is 2.14. The first-order valence-corrected chi connectivity index (χ1v) is 7.53. The Bertz CT molecular complexity index is 395. The first kappa shape index (κ1) is 16.7. The van der Waals surface area contributed by atoms with Crippen molar-refractivity contribution in [2.45, 2.75) is 46.5 Å². The van der Waals surface area contributed by atoms with Gasteiger partial charge in [-0.1, -0.05) is 20.8 Å². The first-order valence-electron chi connectivity index (χ1n) is 7.53. The van der Waals surface area contributed by atoms with Gasteiger partial charge in [0.25, 0.3) is 0 Å². The summed E-state index contributed by atoms with van der Waals surface area (Å²) in [7, 11) is 0. The average Bonchev–Trinajstić information content (AvgIpc) is 2.43. The molecule has 20 heavy (non-hydrogen) atoms. The molecule has 0 aliphatic carbocycles. The van der Waals surface area contributed by atoms with Crippen LogP contribution in [0, 0.1) is 5.92 Å². The Morgan fingerprint density at radius 3 is 2.35 bits per heavy atom. The molecule has 0 aliphatic heterocycles. The molecule has 5 heteroatoms. The Kier molecular flexibility index (Phi) is 7.30. The second kappa shape index (κ2) is 8.74. The van der Waals surface area contributed by atoms with E-state index in [2.05, 4.69) is 48.3 Å². The van der Waals surface area contributed by atoms with Crippen LogP contribution in [0.2, 0.25) is 0 Å². The lowest BCUT2D eigenvalue weighted by Gasteiger charge is -2.17. The SMILES string of the molecule is CCNc1ncnc(NCCCC(C)CO)c1C(C)C. The molecule has 0 fully saturated rings. The molecule has 0 bridgehead atoms. The van der Waals surface area contributed by atoms with Crippen LogP contribution in [0.1, 0.15) is 52.0 Å². The minimum Gasteiger partial charge on any atom is -0.396 e. The quantitative estimate of drug-likeness (QED) is 0.607. The lowest BCUT2D eigenvalue weighted by molar-refractivity contribution is 0.229. The van der Waals surface area contributed by atoms with E-state index in [-0.39, 0.29) is 6.61 Å². The van der Waals surface area contributed by atoms with E-state index in [1.165, 1.54) is 0 Å². The van der Waals surface area contributed by atoms with E-state index in [0.29, 0.717) is 11.8 Å². The predicted octanol–water partition coefficient (Wildman–Crippen LogP) is 2.85. The number of hydrogen-bond acceptors (Lipinski definition) is 5. The minimum atomic E-state index is 0.259. The predicted molar refractivity (Wildman–Crippen MR) is 84.3 cm³/mol. The number of anilines is 2. The largest absolute Gasteiger partial charge is 0.396 e. The Balaban J connectivity index is 2.66. The maximum absolute atomic E-state index is 9.01. The Labute approximate surface area is 122 Å². The van der Waals surface area contributed by atoms with Crippen molar-refractivity contribution in [2.75, 3.05) is 30.3 Å². The lowest BCUT2D eigenvalue weighted by Crippen LogP contribution is -2.13. The average molecular weight is 280 g/mol. The molecule has 5 nitrogen and oxygen atoms in total. The van der Waals surface area contributed by atoms with E-state index in [4.69, 9.17) is 5.11 Å². The van der Waals surface area contributed by atoms with Gasteiger partial charge in [0, 0.05) is 25.3 Å². The Morgan fingerprint density at radius 2 is 1.80 bits per heavy atom. The van der Waals surface area contributed by atoms with Gasteiger partial charge in [0.05, 0.1) is 0 Å². The highest BCUT2D eigenvalue weighted by Crippen LogP contribution is 2.28. The zero-order valence-corrected chi connectivity index (χ0v) is 13.1. The van der Waals surface area contributed by atoms with Crippen molar-refractivity contribution in [3.05, 3.63) is 11.9 Å². The summed E-state index contributed by atoms with van der Waals surface area (Å²) in [6.07, 6.45) is 3.65. The molecule has 1 aromatic rings. The van der Waals surface area contributed by atoms with Crippen LogP contribution in [0.15, 0.2) is 6.33 Å². The van der Waals surface area contributed by atoms with Crippen molar-refractivity contribution in [2.24, 2.45) is 5.92 Å². The van der Waals surface area contributed by atoms with Gasteiger partial charge in [-0.3, -0.25) is 0 Å². The van der Waals surface area contributed by atoms with Gasteiger partial charge < -0.3 is 15.7 Å². The number of aliphatic hydroxyl groups is 1. The van der Waals surface area contributed by atoms with Crippen LogP contribution >= 0.6 is 0 Å². The third-order valence-electron chi connectivity index (χ3n) is 3.28. The molecule has 0 saturated heterocycles.